The third-order valence-corrected chi connectivity index (χ3v) is 4.76. The molecule has 0 N–H and O–H groups in total. The van der Waals surface area contributed by atoms with Gasteiger partial charge in [0.2, 0.25) is 0 Å². The van der Waals surface area contributed by atoms with Crippen LogP contribution in [-0.2, 0) is 4.74 Å². The molecule has 1 aliphatic rings. The van der Waals surface area contributed by atoms with Crippen LogP contribution in [0.3, 0.4) is 0 Å². The van der Waals surface area contributed by atoms with Gasteiger partial charge in [-0.05, 0) is 47.7 Å². The summed E-state index contributed by atoms with van der Waals surface area (Å²) in [6.07, 6.45) is 5.87. The zero-order valence-electron chi connectivity index (χ0n) is 12.9. The number of fused-ring (bicyclic) bond motifs is 1. The summed E-state index contributed by atoms with van der Waals surface area (Å²) in [6.45, 7) is 6.46. The number of nitrogens with zero attached hydrogens (tertiary/aromatic N) is 3. The molecule has 5 nitrogen and oxygen atoms in total. The van der Waals surface area contributed by atoms with Crippen molar-refractivity contribution in [3.05, 3.63) is 28.6 Å². The summed E-state index contributed by atoms with van der Waals surface area (Å²) in [5.41, 5.74) is 2.43. The first-order valence-corrected chi connectivity index (χ1v) is 8.48. The summed E-state index contributed by atoms with van der Waals surface area (Å²) < 4.78 is 7.88. The van der Waals surface area contributed by atoms with Gasteiger partial charge in [-0.15, -0.1) is 0 Å². The molecular weight excluding hydrogens is 346 g/mol. The maximum atomic E-state index is 12.1. The molecule has 0 aliphatic carbocycles. The molecular formula is C16H20BrN3O2. The largest absolute Gasteiger partial charge is 0.462 e. The molecule has 6 heteroatoms. The first kappa shape index (κ1) is 15.3. The quantitative estimate of drug-likeness (QED) is 0.780. The summed E-state index contributed by atoms with van der Waals surface area (Å²) in [5.74, 6) is 0.462. The van der Waals surface area contributed by atoms with Crippen molar-refractivity contribution in [1.29, 1.82) is 0 Å². The van der Waals surface area contributed by atoms with Gasteiger partial charge in [0.05, 0.1) is 24.1 Å². The Kier molecular flexibility index (Phi) is 4.38. The number of aromatic nitrogens is 2. The van der Waals surface area contributed by atoms with Crippen LogP contribution >= 0.6 is 15.9 Å². The minimum absolute atomic E-state index is 0.295. The minimum atomic E-state index is -0.295. The van der Waals surface area contributed by atoms with E-state index in [1.807, 2.05) is 17.4 Å². The Hall–Kier alpha value is -1.56. The topological polar surface area (TPSA) is 46.8 Å². The van der Waals surface area contributed by atoms with Crippen LogP contribution in [0.5, 0.6) is 0 Å². The molecule has 0 unspecified atom stereocenters. The monoisotopic (exact) mass is 365 g/mol. The molecule has 1 aliphatic heterocycles. The number of rotatable bonds is 3. The Bertz CT molecular complexity index is 690. The normalized spacial score (nSPS) is 16.2. The summed E-state index contributed by atoms with van der Waals surface area (Å²) in [5, 5.41) is 0. The summed E-state index contributed by atoms with van der Waals surface area (Å²) >= 11 is 3.49. The van der Waals surface area contributed by atoms with Crippen LogP contribution in [0.4, 0.5) is 5.69 Å². The van der Waals surface area contributed by atoms with Crippen molar-refractivity contribution < 1.29 is 9.53 Å². The Morgan fingerprint density at radius 2 is 2.18 bits per heavy atom. The van der Waals surface area contributed by atoms with E-state index in [-0.39, 0.29) is 5.97 Å². The van der Waals surface area contributed by atoms with E-state index in [9.17, 15) is 4.79 Å². The number of anilines is 1. The van der Waals surface area contributed by atoms with Gasteiger partial charge in [-0.2, -0.15) is 0 Å². The highest BCUT2D eigenvalue weighted by atomic mass is 79.9. The van der Waals surface area contributed by atoms with E-state index in [1.165, 1.54) is 0 Å². The van der Waals surface area contributed by atoms with Crippen LogP contribution in [-0.4, -0.2) is 35.1 Å². The molecule has 3 heterocycles. The average Bonchev–Trinajstić information content (AvgIpc) is 2.89. The number of halogens is 1. The zero-order chi connectivity index (χ0) is 15.7. The molecule has 22 heavy (non-hydrogen) atoms. The molecule has 0 saturated carbocycles. The number of carbonyl (C=O) groups is 1. The van der Waals surface area contributed by atoms with Crippen molar-refractivity contribution >= 4 is 33.2 Å². The fourth-order valence-electron chi connectivity index (χ4n) is 2.85. The van der Waals surface area contributed by atoms with Gasteiger partial charge in [-0.25, -0.2) is 9.78 Å². The number of hydrogen-bond acceptors (Lipinski definition) is 4. The highest BCUT2D eigenvalue weighted by Gasteiger charge is 2.21. The van der Waals surface area contributed by atoms with Crippen LogP contribution in [0.2, 0.25) is 0 Å². The second kappa shape index (κ2) is 6.28. The van der Waals surface area contributed by atoms with Crippen LogP contribution in [0.15, 0.2) is 23.1 Å². The summed E-state index contributed by atoms with van der Waals surface area (Å²) in [7, 11) is 0. The van der Waals surface area contributed by atoms with Crippen molar-refractivity contribution in [2.75, 3.05) is 24.6 Å². The molecule has 3 rings (SSSR count). The third-order valence-electron chi connectivity index (χ3n) is 4.18. The third kappa shape index (κ3) is 2.84. The van der Waals surface area contributed by atoms with Crippen molar-refractivity contribution in [3.8, 4) is 0 Å². The lowest BCUT2D eigenvalue weighted by molar-refractivity contribution is 0.0526. The number of esters is 1. The second-order valence-corrected chi connectivity index (χ2v) is 6.59. The molecule has 0 radical (unpaired) electrons. The van der Waals surface area contributed by atoms with Crippen LogP contribution in [0.25, 0.3) is 5.65 Å². The van der Waals surface area contributed by atoms with Crippen LogP contribution in [0, 0.1) is 5.92 Å². The Balaban J connectivity index is 2.05. The highest BCUT2D eigenvalue weighted by molar-refractivity contribution is 9.10. The van der Waals surface area contributed by atoms with Gasteiger partial charge in [0, 0.05) is 19.3 Å². The Morgan fingerprint density at radius 3 is 2.86 bits per heavy atom. The van der Waals surface area contributed by atoms with E-state index in [1.54, 1.807) is 12.4 Å². The molecule has 0 atom stereocenters. The van der Waals surface area contributed by atoms with E-state index in [4.69, 9.17) is 4.74 Å². The molecule has 1 fully saturated rings. The van der Waals surface area contributed by atoms with E-state index in [0.29, 0.717) is 12.2 Å². The lowest BCUT2D eigenvalue weighted by Crippen LogP contribution is -2.33. The SMILES string of the molecule is CCOC(=O)c1cc(N2CCC(C)CC2)c2ncc(Br)n2c1. The zero-order valence-corrected chi connectivity index (χ0v) is 14.5. The van der Waals surface area contributed by atoms with Gasteiger partial charge in [-0.3, -0.25) is 4.40 Å². The lowest BCUT2D eigenvalue weighted by Gasteiger charge is -2.32. The fourth-order valence-corrected chi connectivity index (χ4v) is 3.22. The molecule has 0 bridgehead atoms. The van der Waals surface area contributed by atoms with Crippen molar-refractivity contribution in [1.82, 2.24) is 9.38 Å². The number of imidazole rings is 1. The predicted molar refractivity (Wildman–Crippen MR) is 89.5 cm³/mol. The van der Waals surface area contributed by atoms with E-state index in [0.717, 1.165) is 47.8 Å². The lowest BCUT2D eigenvalue weighted by atomic mass is 9.99. The van der Waals surface area contributed by atoms with Crippen LogP contribution < -0.4 is 4.90 Å². The molecule has 2 aromatic rings. The summed E-state index contributed by atoms with van der Waals surface area (Å²) in [4.78, 5) is 18.9. The van der Waals surface area contributed by atoms with Crippen molar-refractivity contribution in [2.45, 2.75) is 26.7 Å². The number of piperidine rings is 1. The molecule has 0 aromatic carbocycles. The number of ether oxygens (including phenoxy) is 1. The molecule has 118 valence electrons. The number of pyridine rings is 1. The second-order valence-electron chi connectivity index (χ2n) is 5.78. The number of carbonyl (C=O) groups excluding carboxylic acids is 1. The van der Waals surface area contributed by atoms with Gasteiger partial charge in [0.15, 0.2) is 5.65 Å². The fraction of sp³-hybridized carbons (Fsp3) is 0.500. The molecule has 1 saturated heterocycles. The highest BCUT2D eigenvalue weighted by Crippen LogP contribution is 2.29. The smallest absolute Gasteiger partial charge is 0.339 e. The predicted octanol–water partition coefficient (Wildman–Crippen LogP) is 3.51. The Morgan fingerprint density at radius 1 is 1.45 bits per heavy atom. The Labute approximate surface area is 138 Å². The maximum absolute atomic E-state index is 12.1. The van der Waals surface area contributed by atoms with Gasteiger partial charge >= 0.3 is 5.97 Å². The molecule has 0 amide bonds. The molecule has 2 aromatic heterocycles. The first-order valence-electron chi connectivity index (χ1n) is 7.68. The minimum Gasteiger partial charge on any atom is -0.462 e. The first-order chi connectivity index (χ1) is 10.6. The molecule has 0 spiro atoms. The maximum Gasteiger partial charge on any atom is 0.339 e. The van der Waals surface area contributed by atoms with Crippen LogP contribution in [0.1, 0.15) is 37.0 Å². The van der Waals surface area contributed by atoms with Gasteiger partial charge < -0.3 is 9.64 Å². The average molecular weight is 366 g/mol. The standard InChI is InChI=1S/C16H20BrN3O2/c1-3-22-16(21)12-8-13(19-6-4-11(2)5-7-19)15-18-9-14(17)20(15)10-12/h8-11H,3-7H2,1-2H3. The van der Waals surface area contributed by atoms with Gasteiger partial charge in [0.25, 0.3) is 0 Å². The van der Waals surface area contributed by atoms with Crippen molar-refractivity contribution in [2.24, 2.45) is 5.92 Å². The van der Waals surface area contributed by atoms with Crippen molar-refractivity contribution in [3.63, 3.8) is 0 Å². The van der Waals surface area contributed by atoms with E-state index in [2.05, 4.69) is 32.7 Å². The van der Waals surface area contributed by atoms with E-state index >= 15 is 0 Å². The summed E-state index contributed by atoms with van der Waals surface area (Å²) in [6, 6.07) is 1.91. The van der Waals surface area contributed by atoms with E-state index < -0.39 is 0 Å². The van der Waals surface area contributed by atoms with Gasteiger partial charge in [0.1, 0.15) is 4.60 Å². The number of hydrogen-bond donors (Lipinski definition) is 0. The van der Waals surface area contributed by atoms with Gasteiger partial charge in [-0.1, -0.05) is 6.92 Å².